The number of aromatic nitrogens is 1. The zero-order chi connectivity index (χ0) is 6.27. The van der Waals surface area contributed by atoms with E-state index in [1.54, 1.807) is 6.26 Å². The summed E-state index contributed by atoms with van der Waals surface area (Å²) in [6, 6.07) is 1.92. The number of furan rings is 1. The van der Waals surface area contributed by atoms with Gasteiger partial charge in [-0.25, -0.2) is 0 Å². The average molecular weight is 121 g/mol. The Balaban J connectivity index is 2.99. The minimum absolute atomic E-state index is 0.938. The summed E-state index contributed by atoms with van der Waals surface area (Å²) in [7, 11) is 0. The van der Waals surface area contributed by atoms with E-state index in [0.29, 0.717) is 0 Å². The first-order valence-corrected chi connectivity index (χ1v) is 2.89. The van der Waals surface area contributed by atoms with Crippen LogP contribution in [0.5, 0.6) is 0 Å². The normalized spacial score (nSPS) is 10.8. The Morgan fingerprint density at radius 2 is 2.44 bits per heavy atom. The summed E-state index contributed by atoms with van der Waals surface area (Å²) < 4.78 is 5.16. The summed E-state index contributed by atoms with van der Waals surface area (Å²) in [5, 5.41) is 0. The first kappa shape index (κ1) is 4.68. The third-order valence-corrected chi connectivity index (χ3v) is 1.47. The minimum atomic E-state index is 0.938. The number of fused-ring (bicyclic) bond motifs is 1. The van der Waals surface area contributed by atoms with Crippen molar-refractivity contribution in [3.05, 3.63) is 24.1 Å². The molecule has 0 unspecified atom stereocenters. The number of hydrogen-bond acceptors (Lipinski definition) is 1. The Kier molecular flexibility index (Phi) is 0.730. The predicted molar refractivity (Wildman–Crippen MR) is 35.3 cm³/mol. The smallest absolute Gasteiger partial charge is 0.151 e. The maximum absolute atomic E-state index is 5.16. The van der Waals surface area contributed by atoms with Crippen molar-refractivity contribution in [2.45, 2.75) is 6.92 Å². The van der Waals surface area contributed by atoms with E-state index >= 15 is 0 Å². The molecule has 0 aliphatic rings. The summed E-state index contributed by atoms with van der Waals surface area (Å²) in [4.78, 5) is 3.07. The SMILES string of the molecule is Cc1coc2cc[nH]c12. The molecule has 0 fully saturated rings. The van der Waals surface area contributed by atoms with Crippen molar-refractivity contribution in [2.24, 2.45) is 0 Å². The Labute approximate surface area is 52.5 Å². The van der Waals surface area contributed by atoms with Crippen LogP contribution in [0.4, 0.5) is 0 Å². The quantitative estimate of drug-likeness (QED) is 0.568. The Morgan fingerprint density at radius 1 is 1.56 bits per heavy atom. The lowest BCUT2D eigenvalue weighted by atomic mass is 10.3. The second kappa shape index (κ2) is 1.41. The van der Waals surface area contributed by atoms with Crippen molar-refractivity contribution in [3.8, 4) is 0 Å². The molecule has 2 rings (SSSR count). The van der Waals surface area contributed by atoms with Crippen LogP contribution in [0, 0.1) is 6.92 Å². The molecule has 0 spiro atoms. The van der Waals surface area contributed by atoms with E-state index in [9.17, 15) is 0 Å². The Morgan fingerprint density at radius 3 is 3.22 bits per heavy atom. The molecule has 2 aromatic rings. The number of aryl methyl sites for hydroxylation is 1. The van der Waals surface area contributed by atoms with E-state index in [4.69, 9.17) is 4.42 Å². The maximum Gasteiger partial charge on any atom is 0.151 e. The lowest BCUT2D eigenvalue weighted by Gasteiger charge is -1.75. The second-order valence-corrected chi connectivity index (χ2v) is 2.14. The van der Waals surface area contributed by atoms with Gasteiger partial charge in [-0.15, -0.1) is 0 Å². The monoisotopic (exact) mass is 121 g/mol. The number of aromatic amines is 1. The number of nitrogens with one attached hydrogen (secondary N) is 1. The third kappa shape index (κ3) is 0.499. The number of H-pyrrole nitrogens is 1. The van der Waals surface area contributed by atoms with Crippen molar-refractivity contribution in [3.63, 3.8) is 0 Å². The van der Waals surface area contributed by atoms with Gasteiger partial charge >= 0.3 is 0 Å². The molecule has 2 nitrogen and oxygen atoms in total. The molecule has 2 aromatic heterocycles. The highest BCUT2D eigenvalue weighted by molar-refractivity contribution is 5.76. The van der Waals surface area contributed by atoms with E-state index < -0.39 is 0 Å². The minimum Gasteiger partial charge on any atom is -0.462 e. The fraction of sp³-hybridized carbons (Fsp3) is 0.143. The molecule has 0 aromatic carbocycles. The molecule has 0 saturated carbocycles. The molecular formula is C7H7NO. The Hall–Kier alpha value is -1.18. The van der Waals surface area contributed by atoms with E-state index in [2.05, 4.69) is 4.98 Å². The van der Waals surface area contributed by atoms with Crippen LogP contribution in [0.2, 0.25) is 0 Å². The van der Waals surface area contributed by atoms with Crippen LogP contribution < -0.4 is 0 Å². The lowest BCUT2D eigenvalue weighted by molar-refractivity contribution is 0.613. The van der Waals surface area contributed by atoms with Gasteiger partial charge < -0.3 is 9.40 Å². The highest BCUT2D eigenvalue weighted by Crippen LogP contribution is 2.17. The molecule has 46 valence electrons. The third-order valence-electron chi connectivity index (χ3n) is 1.47. The van der Waals surface area contributed by atoms with E-state index in [1.165, 1.54) is 0 Å². The van der Waals surface area contributed by atoms with Crippen LogP contribution in [0.25, 0.3) is 11.1 Å². The molecule has 0 bridgehead atoms. The van der Waals surface area contributed by atoms with Crippen molar-refractivity contribution in [2.75, 3.05) is 0 Å². The molecule has 1 N–H and O–H groups in total. The summed E-state index contributed by atoms with van der Waals surface area (Å²) in [5.41, 5.74) is 3.21. The van der Waals surface area contributed by atoms with Gasteiger partial charge in [0.2, 0.25) is 0 Å². The summed E-state index contributed by atoms with van der Waals surface area (Å²) in [5.74, 6) is 0. The standard InChI is InChI=1S/C7H7NO/c1-5-4-9-6-2-3-8-7(5)6/h2-4,8H,1H3. The zero-order valence-electron chi connectivity index (χ0n) is 5.14. The van der Waals surface area contributed by atoms with Gasteiger partial charge in [0.1, 0.15) is 0 Å². The average Bonchev–Trinajstić information content (AvgIpc) is 2.35. The van der Waals surface area contributed by atoms with E-state index in [-0.39, 0.29) is 0 Å². The van der Waals surface area contributed by atoms with Gasteiger partial charge in [0.25, 0.3) is 0 Å². The molecular weight excluding hydrogens is 114 g/mol. The van der Waals surface area contributed by atoms with E-state index in [0.717, 1.165) is 16.7 Å². The summed E-state index contributed by atoms with van der Waals surface area (Å²) in [6.07, 6.45) is 3.63. The van der Waals surface area contributed by atoms with Crippen molar-refractivity contribution in [1.29, 1.82) is 0 Å². The zero-order valence-corrected chi connectivity index (χ0v) is 5.14. The van der Waals surface area contributed by atoms with Crippen molar-refractivity contribution >= 4 is 11.1 Å². The summed E-state index contributed by atoms with van der Waals surface area (Å²) in [6.45, 7) is 2.02. The van der Waals surface area contributed by atoms with Crippen molar-refractivity contribution < 1.29 is 4.42 Å². The van der Waals surface area contributed by atoms with Crippen LogP contribution in [0.3, 0.4) is 0 Å². The molecule has 2 heterocycles. The molecule has 0 aliphatic heterocycles. The second-order valence-electron chi connectivity index (χ2n) is 2.14. The van der Waals surface area contributed by atoms with Crippen LogP contribution in [0.1, 0.15) is 5.56 Å². The van der Waals surface area contributed by atoms with Gasteiger partial charge in [-0.05, 0) is 13.0 Å². The van der Waals surface area contributed by atoms with Gasteiger partial charge in [0, 0.05) is 11.8 Å². The first-order valence-electron chi connectivity index (χ1n) is 2.89. The fourth-order valence-electron chi connectivity index (χ4n) is 0.972. The first-order chi connectivity index (χ1) is 4.38. The Bertz CT molecular complexity index is 318. The van der Waals surface area contributed by atoms with Gasteiger partial charge in [-0.3, -0.25) is 0 Å². The molecule has 2 heteroatoms. The fourth-order valence-corrected chi connectivity index (χ4v) is 0.972. The number of hydrogen-bond donors (Lipinski definition) is 1. The highest BCUT2D eigenvalue weighted by Gasteiger charge is 1.99. The molecule has 9 heavy (non-hydrogen) atoms. The molecule has 0 amide bonds. The molecule has 0 radical (unpaired) electrons. The molecule has 0 atom stereocenters. The molecule has 0 saturated heterocycles. The van der Waals surface area contributed by atoms with Crippen LogP contribution in [0.15, 0.2) is 22.9 Å². The van der Waals surface area contributed by atoms with E-state index in [1.807, 2.05) is 19.2 Å². The van der Waals surface area contributed by atoms with Crippen LogP contribution in [-0.4, -0.2) is 4.98 Å². The highest BCUT2D eigenvalue weighted by atomic mass is 16.3. The van der Waals surface area contributed by atoms with Crippen LogP contribution in [-0.2, 0) is 0 Å². The predicted octanol–water partition coefficient (Wildman–Crippen LogP) is 2.07. The van der Waals surface area contributed by atoms with Gasteiger partial charge in [-0.1, -0.05) is 0 Å². The number of rotatable bonds is 0. The lowest BCUT2D eigenvalue weighted by Crippen LogP contribution is -1.62. The molecule has 0 aliphatic carbocycles. The van der Waals surface area contributed by atoms with Crippen LogP contribution >= 0.6 is 0 Å². The maximum atomic E-state index is 5.16. The van der Waals surface area contributed by atoms with Crippen molar-refractivity contribution in [1.82, 2.24) is 4.98 Å². The largest absolute Gasteiger partial charge is 0.462 e. The van der Waals surface area contributed by atoms with Gasteiger partial charge in [-0.2, -0.15) is 0 Å². The van der Waals surface area contributed by atoms with Gasteiger partial charge in [0.15, 0.2) is 5.58 Å². The van der Waals surface area contributed by atoms with Gasteiger partial charge in [0.05, 0.1) is 11.8 Å². The summed E-state index contributed by atoms with van der Waals surface area (Å²) >= 11 is 0. The topological polar surface area (TPSA) is 28.9 Å².